The number of hydrogen-bond acceptors (Lipinski definition) is 10. The van der Waals surface area contributed by atoms with Crippen molar-refractivity contribution in [3.63, 3.8) is 0 Å². The lowest BCUT2D eigenvalue weighted by Crippen LogP contribution is -2.43. The van der Waals surface area contributed by atoms with Gasteiger partial charge in [-0.25, -0.2) is 13.8 Å². The molecule has 6 unspecified atom stereocenters. The summed E-state index contributed by atoms with van der Waals surface area (Å²) in [5.74, 6) is -1.07. The molecule has 15 heteroatoms. The van der Waals surface area contributed by atoms with Crippen molar-refractivity contribution in [3.8, 4) is 5.75 Å². The third-order valence-electron chi connectivity index (χ3n) is 6.88. The molecule has 0 bridgehead atoms. The molecule has 1 aliphatic heterocycles. The lowest BCUT2D eigenvalue weighted by molar-refractivity contribution is -0.149. The Hall–Kier alpha value is -4.20. The van der Waals surface area contributed by atoms with Crippen LogP contribution in [0.4, 0.5) is 4.39 Å². The minimum Gasteiger partial charge on any atom is -0.462 e. The molecule has 13 nitrogen and oxygen atoms in total. The Balaban J connectivity index is 1.52. The van der Waals surface area contributed by atoms with Crippen molar-refractivity contribution in [2.24, 2.45) is 0 Å². The highest BCUT2D eigenvalue weighted by atomic mass is 31.2. The fourth-order valence-corrected chi connectivity index (χ4v) is 6.00. The quantitative estimate of drug-likeness (QED) is 0.106. The van der Waals surface area contributed by atoms with E-state index in [1.165, 1.54) is 37.3 Å². The van der Waals surface area contributed by atoms with Crippen LogP contribution in [-0.2, 0) is 23.4 Å². The molecular formula is C31H35FN3O10P. The van der Waals surface area contributed by atoms with Gasteiger partial charge in [0.25, 0.3) is 5.56 Å². The molecule has 1 aliphatic rings. The van der Waals surface area contributed by atoms with Crippen LogP contribution in [0.1, 0.15) is 49.8 Å². The fourth-order valence-electron chi connectivity index (χ4n) is 4.50. The van der Waals surface area contributed by atoms with Gasteiger partial charge in [-0.3, -0.25) is 28.5 Å². The number of ether oxygens (including phenoxy) is 2. The van der Waals surface area contributed by atoms with Crippen molar-refractivity contribution in [2.75, 3.05) is 6.61 Å². The zero-order valence-electron chi connectivity index (χ0n) is 25.5. The number of aliphatic hydroxyl groups is 1. The fraction of sp³-hybridized carbons (Fsp3) is 0.355. The standard InChI is InChI=1S/C31H35FN3O10P/c1-19(2)43-28(39)20(3)34-46(41,45-23-13-11-22(12-14-23)24(36)15-10-21-8-6-5-7-9-21)42-18-25-27(38)31(4,32)29(44-25)35-17-16-26(37)33-30(35)40/h5-17,19-20,25,27,29,38H,18H2,1-4H3,(H,34,41)(H,33,37,40). The molecule has 0 saturated carbocycles. The Morgan fingerprint density at radius 2 is 1.80 bits per heavy atom. The number of carbonyl (C=O) groups excluding carboxylic acids is 2. The predicted molar refractivity (Wildman–Crippen MR) is 165 cm³/mol. The van der Waals surface area contributed by atoms with Gasteiger partial charge in [0.05, 0.1) is 12.7 Å². The topological polar surface area (TPSA) is 175 Å². The van der Waals surface area contributed by atoms with Crippen molar-refractivity contribution >= 4 is 25.6 Å². The second kappa shape index (κ2) is 14.5. The van der Waals surface area contributed by atoms with Crippen LogP contribution in [0, 0.1) is 0 Å². The predicted octanol–water partition coefficient (Wildman–Crippen LogP) is 3.55. The highest BCUT2D eigenvalue weighted by Gasteiger charge is 2.56. The van der Waals surface area contributed by atoms with Gasteiger partial charge in [-0.05, 0) is 63.6 Å². The molecule has 0 spiro atoms. The Morgan fingerprint density at radius 3 is 2.43 bits per heavy atom. The summed E-state index contributed by atoms with van der Waals surface area (Å²) in [6.07, 6.45) is -1.40. The summed E-state index contributed by atoms with van der Waals surface area (Å²) in [5.41, 5.74) is -3.08. The molecule has 3 N–H and O–H groups in total. The molecule has 2 heterocycles. The number of ketones is 1. The van der Waals surface area contributed by atoms with Crippen LogP contribution < -0.4 is 20.9 Å². The second-order valence-electron chi connectivity index (χ2n) is 11.0. The van der Waals surface area contributed by atoms with E-state index >= 15 is 4.39 Å². The van der Waals surface area contributed by atoms with E-state index in [1.807, 2.05) is 35.3 Å². The first-order valence-corrected chi connectivity index (χ1v) is 15.9. The molecule has 4 rings (SSSR count). The van der Waals surface area contributed by atoms with Gasteiger partial charge in [0, 0.05) is 17.8 Å². The number of rotatable bonds is 13. The van der Waals surface area contributed by atoms with E-state index in [0.717, 1.165) is 29.3 Å². The molecule has 0 amide bonds. The maximum Gasteiger partial charge on any atom is 0.459 e. The van der Waals surface area contributed by atoms with E-state index in [4.69, 9.17) is 18.5 Å². The van der Waals surface area contributed by atoms with Gasteiger partial charge >= 0.3 is 19.4 Å². The van der Waals surface area contributed by atoms with Gasteiger partial charge in [0.2, 0.25) is 0 Å². The highest BCUT2D eigenvalue weighted by Crippen LogP contribution is 2.47. The molecule has 1 fully saturated rings. The number of esters is 1. The number of benzene rings is 2. The summed E-state index contributed by atoms with van der Waals surface area (Å²) in [5, 5.41) is 13.2. The van der Waals surface area contributed by atoms with E-state index < -0.39 is 67.8 Å². The largest absolute Gasteiger partial charge is 0.462 e. The minimum absolute atomic E-state index is 0.00950. The Kier molecular flexibility index (Phi) is 10.9. The average molecular weight is 660 g/mol. The highest BCUT2D eigenvalue weighted by molar-refractivity contribution is 7.52. The number of alkyl halides is 1. The third-order valence-corrected chi connectivity index (χ3v) is 8.52. The van der Waals surface area contributed by atoms with E-state index in [-0.39, 0.29) is 11.5 Å². The van der Waals surface area contributed by atoms with Crippen LogP contribution in [-0.4, -0.2) is 63.0 Å². The average Bonchev–Trinajstić information content (AvgIpc) is 3.23. The summed E-state index contributed by atoms with van der Waals surface area (Å²) < 4.78 is 52.3. The van der Waals surface area contributed by atoms with E-state index in [9.17, 15) is 28.8 Å². The molecule has 46 heavy (non-hydrogen) atoms. The van der Waals surface area contributed by atoms with Crippen molar-refractivity contribution in [3.05, 3.63) is 105 Å². The van der Waals surface area contributed by atoms with Gasteiger partial charge in [0.1, 0.15) is 24.0 Å². The molecule has 246 valence electrons. The maximum absolute atomic E-state index is 15.7. The summed E-state index contributed by atoms with van der Waals surface area (Å²) in [4.78, 5) is 50.9. The van der Waals surface area contributed by atoms with Crippen molar-refractivity contribution < 1.29 is 42.2 Å². The number of aromatic amines is 1. The Bertz CT molecular complexity index is 1720. The van der Waals surface area contributed by atoms with Gasteiger partial charge in [-0.1, -0.05) is 36.4 Å². The first-order valence-electron chi connectivity index (χ1n) is 14.3. The zero-order chi connectivity index (χ0) is 33.6. The van der Waals surface area contributed by atoms with E-state index in [1.54, 1.807) is 19.9 Å². The zero-order valence-corrected chi connectivity index (χ0v) is 26.4. The first kappa shape index (κ1) is 34.7. The van der Waals surface area contributed by atoms with E-state index in [0.29, 0.717) is 5.56 Å². The number of aromatic nitrogens is 2. The SMILES string of the molecule is CC(C)OC(=O)C(C)NP(=O)(OCC1OC(n2ccc(=O)[nH]c2=O)C(C)(F)C1O)Oc1ccc(C(=O)C=Cc2ccccc2)cc1. The van der Waals surface area contributed by atoms with Crippen LogP contribution in [0.5, 0.6) is 5.75 Å². The molecular weight excluding hydrogens is 624 g/mol. The number of halogens is 1. The number of allylic oxidation sites excluding steroid dienone is 1. The van der Waals surface area contributed by atoms with Crippen molar-refractivity contribution in [1.29, 1.82) is 0 Å². The summed E-state index contributed by atoms with van der Waals surface area (Å²) >= 11 is 0. The number of nitrogens with zero attached hydrogens (tertiary/aromatic N) is 1. The van der Waals surface area contributed by atoms with Gasteiger partial charge in [-0.2, -0.15) is 5.09 Å². The van der Waals surface area contributed by atoms with Crippen LogP contribution >= 0.6 is 7.75 Å². The lowest BCUT2D eigenvalue weighted by atomic mass is 9.98. The van der Waals surface area contributed by atoms with Crippen LogP contribution in [0.15, 0.2) is 82.5 Å². The lowest BCUT2D eigenvalue weighted by Gasteiger charge is -2.25. The molecule has 1 saturated heterocycles. The Morgan fingerprint density at radius 1 is 1.13 bits per heavy atom. The normalized spacial score (nSPS) is 23.2. The Labute approximate surface area is 263 Å². The van der Waals surface area contributed by atoms with Crippen molar-refractivity contribution in [2.45, 2.75) is 63.9 Å². The molecule has 1 aromatic heterocycles. The summed E-state index contributed by atoms with van der Waals surface area (Å²) in [6, 6.07) is 14.6. The number of nitrogens with one attached hydrogen (secondary N) is 2. The number of hydrogen-bond donors (Lipinski definition) is 3. The molecule has 2 aromatic carbocycles. The van der Waals surface area contributed by atoms with Crippen LogP contribution in [0.2, 0.25) is 0 Å². The number of H-pyrrole nitrogens is 1. The van der Waals surface area contributed by atoms with Crippen LogP contribution in [0.3, 0.4) is 0 Å². The number of carbonyl (C=O) groups is 2. The number of aliphatic hydroxyl groups excluding tert-OH is 1. The van der Waals surface area contributed by atoms with Crippen molar-refractivity contribution in [1.82, 2.24) is 14.6 Å². The molecule has 6 atom stereocenters. The smallest absolute Gasteiger partial charge is 0.459 e. The second-order valence-corrected chi connectivity index (χ2v) is 12.7. The van der Waals surface area contributed by atoms with Gasteiger partial charge < -0.3 is 19.1 Å². The van der Waals surface area contributed by atoms with Gasteiger partial charge in [0.15, 0.2) is 17.7 Å². The first-order chi connectivity index (χ1) is 21.7. The molecule has 3 aromatic rings. The third kappa shape index (κ3) is 8.53. The van der Waals surface area contributed by atoms with E-state index in [2.05, 4.69) is 5.09 Å². The molecule has 0 radical (unpaired) electrons. The maximum atomic E-state index is 15.7. The minimum atomic E-state index is -4.49. The monoisotopic (exact) mass is 659 g/mol. The summed E-state index contributed by atoms with van der Waals surface area (Å²) in [6.45, 7) is 4.91. The molecule has 0 aliphatic carbocycles. The van der Waals surface area contributed by atoms with Gasteiger partial charge in [-0.15, -0.1) is 0 Å². The van der Waals surface area contributed by atoms with Crippen LogP contribution in [0.25, 0.3) is 6.08 Å². The summed E-state index contributed by atoms with van der Waals surface area (Å²) in [7, 11) is -4.49.